The van der Waals surface area contributed by atoms with Crippen LogP contribution in [-0.4, -0.2) is 43.8 Å². The summed E-state index contributed by atoms with van der Waals surface area (Å²) >= 11 is 6.29. The third-order valence-electron chi connectivity index (χ3n) is 5.01. The SMILES string of the molecule is COC(=O)c1cc(OC)c(Nc2ncc(Cl)c(Nc3ccccc3S(=O)(=O)C(C)C)n2)cc1C. The Balaban J connectivity index is 1.97. The maximum atomic E-state index is 12.8. The van der Waals surface area contributed by atoms with Crippen molar-refractivity contribution < 1.29 is 22.7 Å². The Kier molecular flexibility index (Phi) is 7.63. The smallest absolute Gasteiger partial charge is 0.338 e. The van der Waals surface area contributed by atoms with Crippen LogP contribution in [-0.2, 0) is 14.6 Å². The summed E-state index contributed by atoms with van der Waals surface area (Å²) < 4.78 is 35.7. The molecule has 34 heavy (non-hydrogen) atoms. The van der Waals surface area contributed by atoms with Crippen molar-refractivity contribution in [3.63, 3.8) is 0 Å². The second kappa shape index (κ2) is 10.3. The Morgan fingerprint density at radius 2 is 1.79 bits per heavy atom. The van der Waals surface area contributed by atoms with Crippen molar-refractivity contribution in [3.8, 4) is 5.75 Å². The molecule has 0 aliphatic carbocycles. The lowest BCUT2D eigenvalue weighted by molar-refractivity contribution is 0.0599. The standard InChI is InChI=1S/C23H25ClN4O5S/c1-13(2)34(30,31)20-9-7-6-8-17(20)26-21-16(24)12-25-23(28-21)27-18-10-14(3)15(22(29)33-5)11-19(18)32-4/h6-13H,1-5H3,(H2,25,26,27,28). The van der Waals surface area contributed by atoms with Gasteiger partial charge in [0.25, 0.3) is 0 Å². The second-order valence-corrected chi connectivity index (χ2v) is 10.5. The summed E-state index contributed by atoms with van der Waals surface area (Å²) in [6, 6.07) is 9.81. The van der Waals surface area contributed by atoms with Gasteiger partial charge in [0.1, 0.15) is 10.8 Å². The van der Waals surface area contributed by atoms with E-state index in [0.717, 1.165) is 0 Å². The van der Waals surface area contributed by atoms with E-state index < -0.39 is 21.1 Å². The Bertz CT molecular complexity index is 1330. The number of hydrogen-bond acceptors (Lipinski definition) is 9. The first-order valence-corrected chi connectivity index (χ1v) is 12.2. The Labute approximate surface area is 203 Å². The zero-order valence-electron chi connectivity index (χ0n) is 19.3. The van der Waals surface area contributed by atoms with Crippen LogP contribution in [0.15, 0.2) is 47.5 Å². The van der Waals surface area contributed by atoms with Crippen LogP contribution in [0.2, 0.25) is 5.02 Å². The van der Waals surface area contributed by atoms with Crippen molar-refractivity contribution in [2.24, 2.45) is 0 Å². The Hall–Kier alpha value is -3.37. The fourth-order valence-electron chi connectivity index (χ4n) is 3.12. The number of aromatic nitrogens is 2. The number of methoxy groups -OCH3 is 2. The Morgan fingerprint density at radius 1 is 1.09 bits per heavy atom. The molecule has 2 aromatic carbocycles. The van der Waals surface area contributed by atoms with Crippen molar-refractivity contribution in [3.05, 3.63) is 58.7 Å². The monoisotopic (exact) mass is 504 g/mol. The van der Waals surface area contributed by atoms with Gasteiger partial charge in [-0.05, 0) is 50.6 Å². The molecule has 0 bridgehead atoms. The molecule has 0 aliphatic rings. The average Bonchev–Trinajstić information content (AvgIpc) is 2.81. The van der Waals surface area contributed by atoms with E-state index in [1.54, 1.807) is 51.1 Å². The molecule has 11 heteroatoms. The number of ether oxygens (including phenoxy) is 2. The molecule has 2 N–H and O–H groups in total. The summed E-state index contributed by atoms with van der Waals surface area (Å²) in [7, 11) is -0.768. The van der Waals surface area contributed by atoms with Gasteiger partial charge in [-0.25, -0.2) is 18.2 Å². The largest absolute Gasteiger partial charge is 0.495 e. The topological polar surface area (TPSA) is 120 Å². The molecule has 0 radical (unpaired) electrons. The van der Waals surface area contributed by atoms with Crippen molar-refractivity contribution in [1.82, 2.24) is 9.97 Å². The second-order valence-electron chi connectivity index (χ2n) is 7.59. The van der Waals surface area contributed by atoms with Crippen molar-refractivity contribution in [1.29, 1.82) is 0 Å². The quantitative estimate of drug-likeness (QED) is 0.412. The molecule has 0 amide bonds. The number of hydrogen-bond donors (Lipinski definition) is 2. The number of nitrogens with one attached hydrogen (secondary N) is 2. The maximum Gasteiger partial charge on any atom is 0.338 e. The molecule has 0 aliphatic heterocycles. The van der Waals surface area contributed by atoms with Crippen LogP contribution in [0.4, 0.5) is 23.1 Å². The van der Waals surface area contributed by atoms with Crippen LogP contribution >= 0.6 is 11.6 Å². The van der Waals surface area contributed by atoms with E-state index in [0.29, 0.717) is 28.3 Å². The third kappa shape index (κ3) is 5.23. The lowest BCUT2D eigenvalue weighted by Gasteiger charge is -2.16. The number of nitrogens with zero attached hydrogens (tertiary/aromatic N) is 2. The van der Waals surface area contributed by atoms with Gasteiger partial charge in [0.15, 0.2) is 15.7 Å². The molecule has 1 heterocycles. The highest BCUT2D eigenvalue weighted by atomic mass is 35.5. The number of carbonyl (C=O) groups excluding carboxylic acids is 1. The first-order valence-electron chi connectivity index (χ1n) is 10.2. The normalized spacial score (nSPS) is 11.3. The molecule has 0 saturated heterocycles. The summed E-state index contributed by atoms with van der Waals surface area (Å²) in [5, 5.41) is 5.65. The summed E-state index contributed by atoms with van der Waals surface area (Å²) in [5.41, 5.74) is 1.89. The molecule has 0 unspecified atom stereocenters. The summed E-state index contributed by atoms with van der Waals surface area (Å²) in [6.07, 6.45) is 1.39. The molecule has 0 atom stereocenters. The number of aryl methyl sites for hydroxylation is 1. The van der Waals surface area contributed by atoms with Crippen LogP contribution in [0, 0.1) is 6.92 Å². The molecule has 3 rings (SSSR count). The van der Waals surface area contributed by atoms with E-state index in [-0.39, 0.29) is 21.7 Å². The van der Waals surface area contributed by atoms with Crippen LogP contribution in [0.25, 0.3) is 0 Å². The number of benzene rings is 2. The molecule has 180 valence electrons. The predicted molar refractivity (Wildman–Crippen MR) is 131 cm³/mol. The molecule has 1 aromatic heterocycles. The number of carbonyl (C=O) groups is 1. The summed E-state index contributed by atoms with van der Waals surface area (Å²) in [6.45, 7) is 5.00. The van der Waals surface area contributed by atoms with Crippen molar-refractivity contribution in [2.45, 2.75) is 30.9 Å². The van der Waals surface area contributed by atoms with Crippen molar-refractivity contribution >= 4 is 50.5 Å². The highest BCUT2D eigenvalue weighted by Gasteiger charge is 2.23. The van der Waals surface area contributed by atoms with Gasteiger partial charge >= 0.3 is 5.97 Å². The first-order chi connectivity index (χ1) is 16.1. The molecule has 0 fully saturated rings. The zero-order chi connectivity index (χ0) is 25.0. The molecular formula is C23H25ClN4O5S. The van der Waals surface area contributed by atoms with Gasteiger partial charge in [-0.15, -0.1) is 0 Å². The lowest BCUT2D eigenvalue weighted by atomic mass is 10.1. The van der Waals surface area contributed by atoms with Crippen LogP contribution in [0.3, 0.4) is 0 Å². The predicted octanol–water partition coefficient (Wildman–Crippen LogP) is 4.90. The van der Waals surface area contributed by atoms with Gasteiger partial charge in [0.2, 0.25) is 5.95 Å². The fraction of sp³-hybridized carbons (Fsp3) is 0.261. The summed E-state index contributed by atoms with van der Waals surface area (Å²) in [4.78, 5) is 20.7. The molecule has 9 nitrogen and oxygen atoms in total. The van der Waals surface area contributed by atoms with Gasteiger partial charge in [-0.3, -0.25) is 0 Å². The van der Waals surface area contributed by atoms with E-state index in [1.165, 1.54) is 26.5 Å². The number of esters is 1. The van der Waals surface area contributed by atoms with Gasteiger partial charge in [0, 0.05) is 0 Å². The minimum absolute atomic E-state index is 0.143. The van der Waals surface area contributed by atoms with E-state index >= 15 is 0 Å². The minimum atomic E-state index is -3.55. The van der Waals surface area contributed by atoms with Crippen molar-refractivity contribution in [2.75, 3.05) is 24.9 Å². The molecule has 3 aromatic rings. The lowest BCUT2D eigenvalue weighted by Crippen LogP contribution is -2.15. The fourth-order valence-corrected chi connectivity index (χ4v) is 4.46. The average molecular weight is 505 g/mol. The van der Waals surface area contributed by atoms with E-state index in [2.05, 4.69) is 20.6 Å². The number of rotatable bonds is 8. The van der Waals surface area contributed by atoms with Gasteiger partial charge < -0.3 is 20.1 Å². The van der Waals surface area contributed by atoms with Crippen LogP contribution in [0.5, 0.6) is 5.75 Å². The van der Waals surface area contributed by atoms with Gasteiger partial charge in [-0.2, -0.15) is 4.98 Å². The number of para-hydroxylation sites is 1. The molecule has 0 spiro atoms. The highest BCUT2D eigenvalue weighted by Crippen LogP contribution is 2.33. The third-order valence-corrected chi connectivity index (χ3v) is 7.50. The number of anilines is 4. The van der Waals surface area contributed by atoms with Crippen LogP contribution in [0.1, 0.15) is 29.8 Å². The number of halogens is 1. The van der Waals surface area contributed by atoms with Gasteiger partial charge in [-0.1, -0.05) is 23.7 Å². The van der Waals surface area contributed by atoms with Gasteiger partial charge in [0.05, 0.1) is 47.5 Å². The molecular weight excluding hydrogens is 480 g/mol. The first kappa shape index (κ1) is 25.3. The maximum absolute atomic E-state index is 12.8. The summed E-state index contributed by atoms with van der Waals surface area (Å²) in [5.74, 6) is 0.297. The van der Waals surface area contributed by atoms with E-state index in [9.17, 15) is 13.2 Å². The zero-order valence-corrected chi connectivity index (χ0v) is 20.9. The van der Waals surface area contributed by atoms with Crippen LogP contribution < -0.4 is 15.4 Å². The minimum Gasteiger partial charge on any atom is -0.495 e. The van der Waals surface area contributed by atoms with E-state index in [4.69, 9.17) is 21.1 Å². The highest BCUT2D eigenvalue weighted by molar-refractivity contribution is 7.92. The number of sulfone groups is 1. The molecule has 0 saturated carbocycles. The Morgan fingerprint density at radius 3 is 2.44 bits per heavy atom. The van der Waals surface area contributed by atoms with E-state index in [1.807, 2.05) is 0 Å².